The molecule has 1 amide bonds. The summed E-state index contributed by atoms with van der Waals surface area (Å²) in [4.78, 5) is 24.3. The van der Waals surface area contributed by atoms with Crippen molar-refractivity contribution in [1.82, 2.24) is 24.3 Å². The quantitative estimate of drug-likeness (QED) is 0.842. The van der Waals surface area contributed by atoms with E-state index in [1.165, 1.54) is 5.69 Å². The van der Waals surface area contributed by atoms with Crippen molar-refractivity contribution in [3.05, 3.63) is 23.8 Å². The number of carbonyl (C=O) groups is 1. The highest BCUT2D eigenvalue weighted by molar-refractivity contribution is 5.77. The van der Waals surface area contributed by atoms with Gasteiger partial charge in [-0.25, -0.2) is 9.97 Å². The minimum Gasteiger partial charge on any atom is -0.340 e. The van der Waals surface area contributed by atoms with Gasteiger partial charge < -0.3 is 9.47 Å². The number of amides is 1. The maximum atomic E-state index is 11.5. The molecule has 3 heterocycles. The second-order valence-corrected chi connectivity index (χ2v) is 8.15. The fourth-order valence-corrected chi connectivity index (χ4v) is 3.38. The Balaban J connectivity index is 1.88. The Morgan fingerprint density at radius 2 is 1.96 bits per heavy atom. The number of hydrogen-bond donors (Lipinski definition) is 0. The number of hydrogen-bond acceptors (Lipinski definition) is 5. The van der Waals surface area contributed by atoms with Crippen LogP contribution in [0.5, 0.6) is 0 Å². The molecule has 0 radical (unpaired) electrons. The zero-order chi connectivity index (χ0) is 18.9. The van der Waals surface area contributed by atoms with Gasteiger partial charge in [-0.2, -0.15) is 5.26 Å². The predicted molar refractivity (Wildman–Crippen MR) is 99.2 cm³/mol. The molecule has 1 fully saturated rings. The third-order valence-corrected chi connectivity index (χ3v) is 4.66. The molecule has 0 aromatic carbocycles. The van der Waals surface area contributed by atoms with Crippen LogP contribution in [0.2, 0.25) is 0 Å². The van der Waals surface area contributed by atoms with Gasteiger partial charge in [-0.05, 0) is 11.5 Å². The molecule has 0 unspecified atom stereocenters. The van der Waals surface area contributed by atoms with Crippen molar-refractivity contribution < 1.29 is 4.79 Å². The van der Waals surface area contributed by atoms with Crippen LogP contribution in [0.25, 0.3) is 11.0 Å². The maximum absolute atomic E-state index is 11.5. The van der Waals surface area contributed by atoms with Gasteiger partial charge in [-0.3, -0.25) is 9.69 Å². The van der Waals surface area contributed by atoms with E-state index in [1.54, 1.807) is 13.1 Å². The fourth-order valence-electron chi connectivity index (χ4n) is 3.38. The third-order valence-electron chi connectivity index (χ3n) is 4.66. The predicted octanol–water partition coefficient (Wildman–Crippen LogP) is 2.01. The van der Waals surface area contributed by atoms with E-state index >= 15 is 0 Å². The molecule has 3 rings (SSSR count). The summed E-state index contributed by atoms with van der Waals surface area (Å²) in [7, 11) is 0. The van der Waals surface area contributed by atoms with Crippen molar-refractivity contribution in [2.75, 3.05) is 26.2 Å². The monoisotopic (exact) mass is 354 g/mol. The van der Waals surface area contributed by atoms with Crippen LogP contribution in [0.3, 0.4) is 0 Å². The van der Waals surface area contributed by atoms with E-state index in [2.05, 4.69) is 46.3 Å². The van der Waals surface area contributed by atoms with Gasteiger partial charge in [-0.1, -0.05) is 20.8 Å². The van der Waals surface area contributed by atoms with E-state index in [9.17, 15) is 4.79 Å². The lowest BCUT2D eigenvalue weighted by atomic mass is 9.97. The molecule has 0 atom stereocenters. The smallest absolute Gasteiger partial charge is 0.234 e. The maximum Gasteiger partial charge on any atom is 0.234 e. The van der Waals surface area contributed by atoms with E-state index in [0.29, 0.717) is 0 Å². The van der Waals surface area contributed by atoms with Gasteiger partial charge in [0.1, 0.15) is 11.7 Å². The second kappa shape index (κ2) is 7.04. The van der Waals surface area contributed by atoms with E-state index in [0.717, 1.165) is 50.3 Å². The lowest BCUT2D eigenvalue weighted by molar-refractivity contribution is -0.130. The molecule has 7 heteroatoms. The highest BCUT2D eigenvalue weighted by atomic mass is 16.2. The molecule has 1 aliphatic heterocycles. The highest BCUT2D eigenvalue weighted by Gasteiger charge is 2.22. The number of carbonyl (C=O) groups excluding carboxylic acids is 1. The fraction of sp³-hybridized carbons (Fsp3) is 0.579. The summed E-state index contributed by atoms with van der Waals surface area (Å²) in [6.07, 6.45) is 1.73. The summed E-state index contributed by atoms with van der Waals surface area (Å²) in [6.45, 7) is 13.1. The number of aromatic nitrogens is 3. The highest BCUT2D eigenvalue weighted by Crippen LogP contribution is 2.25. The molecule has 0 aliphatic carbocycles. The van der Waals surface area contributed by atoms with E-state index in [-0.39, 0.29) is 17.1 Å². The SMILES string of the molecule is CC(=O)N1CCN(Cc2cc3cnc(C#N)nc3n2CC(C)(C)C)CC1. The van der Waals surface area contributed by atoms with Gasteiger partial charge in [0, 0.05) is 63.5 Å². The number of fused-ring (bicyclic) bond motifs is 1. The molecule has 2 aromatic heterocycles. The summed E-state index contributed by atoms with van der Waals surface area (Å²) in [5.74, 6) is 0.346. The molecular formula is C19H26N6O. The summed E-state index contributed by atoms with van der Waals surface area (Å²) >= 11 is 0. The van der Waals surface area contributed by atoms with Crippen LogP contribution in [-0.4, -0.2) is 56.4 Å². The molecule has 1 saturated heterocycles. The van der Waals surface area contributed by atoms with Crippen molar-refractivity contribution in [3.8, 4) is 6.07 Å². The number of nitriles is 1. The molecule has 26 heavy (non-hydrogen) atoms. The van der Waals surface area contributed by atoms with Gasteiger partial charge in [0.25, 0.3) is 0 Å². The zero-order valence-electron chi connectivity index (χ0n) is 16.0. The standard InChI is InChI=1S/C19H26N6O/c1-14(26)24-7-5-23(6-8-24)12-16-9-15-11-21-17(10-20)22-18(15)25(16)13-19(2,3)4/h9,11H,5-8,12-13H2,1-4H3. The van der Waals surface area contributed by atoms with Gasteiger partial charge in [-0.15, -0.1) is 0 Å². The van der Waals surface area contributed by atoms with Crippen LogP contribution >= 0.6 is 0 Å². The van der Waals surface area contributed by atoms with E-state index in [1.807, 2.05) is 11.0 Å². The van der Waals surface area contributed by atoms with Crippen LogP contribution in [0, 0.1) is 16.7 Å². The first-order valence-electron chi connectivity index (χ1n) is 9.00. The Kier molecular flexibility index (Phi) is 4.97. The number of nitrogens with zero attached hydrogens (tertiary/aromatic N) is 6. The molecule has 2 aromatic rings. The minimum absolute atomic E-state index is 0.0891. The molecule has 0 saturated carbocycles. The molecule has 7 nitrogen and oxygen atoms in total. The average molecular weight is 354 g/mol. The van der Waals surface area contributed by atoms with E-state index < -0.39 is 0 Å². The first-order valence-corrected chi connectivity index (χ1v) is 9.00. The zero-order valence-corrected chi connectivity index (χ0v) is 16.0. The molecule has 0 spiro atoms. The molecule has 138 valence electrons. The first-order chi connectivity index (χ1) is 12.3. The third kappa shape index (κ3) is 4.02. The first kappa shape index (κ1) is 18.3. The van der Waals surface area contributed by atoms with E-state index in [4.69, 9.17) is 5.26 Å². The second-order valence-electron chi connectivity index (χ2n) is 8.15. The number of rotatable bonds is 3. The van der Waals surface area contributed by atoms with Crippen LogP contribution in [-0.2, 0) is 17.9 Å². The van der Waals surface area contributed by atoms with Gasteiger partial charge in [0.15, 0.2) is 0 Å². The van der Waals surface area contributed by atoms with Gasteiger partial charge >= 0.3 is 0 Å². The Bertz CT molecular complexity index is 849. The van der Waals surface area contributed by atoms with Gasteiger partial charge in [0.2, 0.25) is 11.7 Å². The Morgan fingerprint density at radius 1 is 1.27 bits per heavy atom. The van der Waals surface area contributed by atoms with Crippen LogP contribution < -0.4 is 0 Å². The summed E-state index contributed by atoms with van der Waals surface area (Å²) in [5.41, 5.74) is 2.09. The Hall–Kier alpha value is -2.46. The topological polar surface area (TPSA) is 78.1 Å². The molecule has 1 aliphatic rings. The Morgan fingerprint density at radius 3 is 2.54 bits per heavy atom. The van der Waals surface area contributed by atoms with Crippen LogP contribution in [0.15, 0.2) is 12.3 Å². The van der Waals surface area contributed by atoms with Crippen LogP contribution in [0.4, 0.5) is 0 Å². The molecular weight excluding hydrogens is 328 g/mol. The normalized spacial score (nSPS) is 16.0. The largest absolute Gasteiger partial charge is 0.340 e. The van der Waals surface area contributed by atoms with Crippen molar-refractivity contribution in [1.29, 1.82) is 5.26 Å². The summed E-state index contributed by atoms with van der Waals surface area (Å²) in [6, 6.07) is 4.16. The van der Waals surface area contributed by atoms with Crippen molar-refractivity contribution in [2.45, 2.75) is 40.8 Å². The lowest BCUT2D eigenvalue weighted by Crippen LogP contribution is -2.47. The van der Waals surface area contributed by atoms with Crippen molar-refractivity contribution in [2.24, 2.45) is 5.41 Å². The van der Waals surface area contributed by atoms with Crippen molar-refractivity contribution in [3.63, 3.8) is 0 Å². The molecule has 0 N–H and O–H groups in total. The van der Waals surface area contributed by atoms with Gasteiger partial charge in [0.05, 0.1) is 0 Å². The Labute approximate surface area is 154 Å². The molecule has 0 bridgehead atoms. The summed E-state index contributed by atoms with van der Waals surface area (Å²) < 4.78 is 2.22. The lowest BCUT2D eigenvalue weighted by Gasteiger charge is -2.34. The van der Waals surface area contributed by atoms with Crippen LogP contribution in [0.1, 0.15) is 39.2 Å². The summed E-state index contributed by atoms with van der Waals surface area (Å²) in [5, 5.41) is 10.1. The van der Waals surface area contributed by atoms with Crippen molar-refractivity contribution >= 4 is 16.9 Å². The minimum atomic E-state index is 0.0891. The number of piperazine rings is 1. The average Bonchev–Trinajstić information content (AvgIpc) is 2.90.